The summed E-state index contributed by atoms with van der Waals surface area (Å²) in [4.78, 5) is 13.5. The van der Waals surface area contributed by atoms with E-state index in [1.54, 1.807) is 11.8 Å². The predicted octanol–water partition coefficient (Wildman–Crippen LogP) is 2.13. The second kappa shape index (κ2) is 4.62. The van der Waals surface area contributed by atoms with Gasteiger partial charge in [-0.1, -0.05) is 18.2 Å². The Hall–Kier alpha value is -1.95. The summed E-state index contributed by atoms with van der Waals surface area (Å²) in [5, 5.41) is 9.55. The van der Waals surface area contributed by atoms with Crippen LogP contribution in [-0.4, -0.2) is 21.9 Å². The van der Waals surface area contributed by atoms with Gasteiger partial charge in [-0.2, -0.15) is 5.10 Å². The summed E-state index contributed by atoms with van der Waals surface area (Å²) < 4.78 is 0. The number of nitrogens with two attached hydrogens (primary N) is 1. The van der Waals surface area contributed by atoms with Gasteiger partial charge in [0.05, 0.1) is 17.3 Å². The molecule has 6 heteroatoms. The number of benzene rings is 1. The summed E-state index contributed by atoms with van der Waals surface area (Å²) in [5.74, 6) is 0.972. The van der Waals surface area contributed by atoms with Crippen molar-refractivity contribution in [2.75, 3.05) is 16.8 Å². The Kier molecular flexibility index (Phi) is 2.94. The van der Waals surface area contributed by atoms with Crippen molar-refractivity contribution in [1.82, 2.24) is 10.2 Å². The summed E-state index contributed by atoms with van der Waals surface area (Å²) in [6, 6.07) is 7.98. The third kappa shape index (κ3) is 2.08. The highest BCUT2D eigenvalue weighted by atomic mass is 32.2. The molecule has 0 spiro atoms. The Labute approximate surface area is 115 Å². The van der Waals surface area contributed by atoms with Crippen LogP contribution in [0.5, 0.6) is 0 Å². The molecule has 0 saturated heterocycles. The molecule has 0 bridgehead atoms. The third-order valence-corrected chi connectivity index (χ3v) is 4.44. The quantitative estimate of drug-likeness (QED) is 0.783. The molecule has 1 atom stereocenters. The topological polar surface area (TPSA) is 83.8 Å². The van der Waals surface area contributed by atoms with Crippen LogP contribution >= 0.6 is 11.8 Å². The zero-order valence-corrected chi connectivity index (χ0v) is 11.3. The number of thioether (sulfide) groups is 1. The molecule has 1 aliphatic heterocycles. The lowest BCUT2D eigenvalue weighted by molar-refractivity contribution is -0.117. The van der Waals surface area contributed by atoms with E-state index in [1.807, 2.05) is 31.2 Å². The molecule has 2 heterocycles. The number of aryl methyl sites for hydroxylation is 1. The number of hydrogen-bond donors (Lipinski definition) is 3. The summed E-state index contributed by atoms with van der Waals surface area (Å²) in [6.07, 6.45) is 0. The summed E-state index contributed by atoms with van der Waals surface area (Å²) in [5.41, 5.74) is 8.16. The Morgan fingerprint density at radius 1 is 1.53 bits per heavy atom. The third-order valence-electron chi connectivity index (χ3n) is 3.25. The molecular formula is C13H14N4OS. The molecule has 5 nitrogen and oxygen atoms in total. The van der Waals surface area contributed by atoms with Crippen LogP contribution in [0.2, 0.25) is 0 Å². The van der Waals surface area contributed by atoms with Crippen molar-refractivity contribution in [2.45, 2.75) is 17.7 Å². The largest absolute Gasteiger partial charge is 0.394 e. The zero-order chi connectivity index (χ0) is 13.4. The van der Waals surface area contributed by atoms with Crippen LogP contribution in [0, 0.1) is 6.92 Å². The summed E-state index contributed by atoms with van der Waals surface area (Å²) in [6.45, 7) is 1.82. The fourth-order valence-corrected chi connectivity index (χ4v) is 3.35. The average Bonchev–Trinajstić information content (AvgIpc) is 2.97. The number of aromatic amines is 1. The molecule has 1 aliphatic rings. The van der Waals surface area contributed by atoms with Crippen molar-refractivity contribution in [3.8, 4) is 0 Å². The number of amides is 1. The van der Waals surface area contributed by atoms with Crippen LogP contribution < -0.4 is 11.1 Å². The maximum absolute atomic E-state index is 12.3. The molecule has 19 heavy (non-hydrogen) atoms. The van der Waals surface area contributed by atoms with Gasteiger partial charge in [-0.15, -0.1) is 11.8 Å². The lowest BCUT2D eigenvalue weighted by Crippen LogP contribution is -2.21. The lowest BCUT2D eigenvalue weighted by atomic mass is 10.0. The molecule has 0 fully saturated rings. The van der Waals surface area contributed by atoms with Crippen molar-refractivity contribution in [2.24, 2.45) is 0 Å². The van der Waals surface area contributed by atoms with Gasteiger partial charge in [-0.3, -0.25) is 9.89 Å². The molecule has 98 valence electrons. The van der Waals surface area contributed by atoms with Gasteiger partial charge in [0.15, 0.2) is 5.82 Å². The average molecular weight is 274 g/mol. The van der Waals surface area contributed by atoms with E-state index in [0.717, 1.165) is 17.0 Å². The number of hydrogen-bond acceptors (Lipinski definition) is 4. The number of aromatic nitrogens is 2. The minimum absolute atomic E-state index is 0.0596. The number of carbonyl (C=O) groups excluding carboxylic acids is 1. The van der Waals surface area contributed by atoms with E-state index in [-0.39, 0.29) is 11.8 Å². The van der Waals surface area contributed by atoms with E-state index < -0.39 is 0 Å². The number of nitrogens with zero attached hydrogens (tertiary/aromatic N) is 1. The van der Waals surface area contributed by atoms with Gasteiger partial charge in [0.1, 0.15) is 0 Å². The van der Waals surface area contributed by atoms with Gasteiger partial charge < -0.3 is 11.1 Å². The van der Waals surface area contributed by atoms with Crippen molar-refractivity contribution in [3.05, 3.63) is 35.5 Å². The number of nitrogens with one attached hydrogen (secondary N) is 2. The van der Waals surface area contributed by atoms with Gasteiger partial charge in [0.25, 0.3) is 0 Å². The predicted molar refractivity (Wildman–Crippen MR) is 76.3 cm³/mol. The second-order valence-corrected chi connectivity index (χ2v) is 5.56. The van der Waals surface area contributed by atoms with Crippen molar-refractivity contribution in [3.63, 3.8) is 0 Å². The second-order valence-electron chi connectivity index (χ2n) is 4.50. The van der Waals surface area contributed by atoms with E-state index in [2.05, 4.69) is 15.5 Å². The van der Waals surface area contributed by atoms with E-state index in [9.17, 15) is 4.79 Å². The maximum atomic E-state index is 12.3. The van der Waals surface area contributed by atoms with Crippen LogP contribution in [0.1, 0.15) is 17.2 Å². The van der Waals surface area contributed by atoms with Crippen molar-refractivity contribution in [1.29, 1.82) is 0 Å². The first-order valence-electron chi connectivity index (χ1n) is 6.00. The molecule has 0 radical (unpaired) electrons. The van der Waals surface area contributed by atoms with E-state index in [0.29, 0.717) is 11.5 Å². The number of fused-ring (bicyclic) bond motifs is 1. The van der Waals surface area contributed by atoms with E-state index in [1.165, 1.54) is 4.90 Å². The molecule has 4 N–H and O–H groups in total. The Balaban J connectivity index is 1.81. The van der Waals surface area contributed by atoms with Gasteiger partial charge in [0, 0.05) is 10.6 Å². The van der Waals surface area contributed by atoms with Crippen molar-refractivity contribution >= 4 is 29.2 Å². The smallest absolute Gasteiger partial charge is 0.234 e. The SMILES string of the molecule is Cc1[nH]nc(NC(=O)C2CSc3ccccc32)c1N. The highest BCUT2D eigenvalue weighted by Crippen LogP contribution is 2.39. The van der Waals surface area contributed by atoms with Gasteiger partial charge in [0.2, 0.25) is 5.91 Å². The standard InChI is InChI=1S/C13H14N4OS/c1-7-11(14)12(17-16-7)15-13(18)9-6-19-10-5-3-2-4-8(9)10/h2-5,9H,6,14H2,1H3,(H2,15,16,17,18). The summed E-state index contributed by atoms with van der Waals surface area (Å²) >= 11 is 1.70. The first kappa shape index (κ1) is 12.1. The summed E-state index contributed by atoms with van der Waals surface area (Å²) in [7, 11) is 0. The molecule has 0 aliphatic carbocycles. The number of nitrogen functional groups attached to an aromatic ring is 1. The Morgan fingerprint density at radius 3 is 3.05 bits per heavy atom. The van der Waals surface area contributed by atoms with Crippen LogP contribution in [0.25, 0.3) is 0 Å². The molecule has 3 rings (SSSR count). The maximum Gasteiger partial charge on any atom is 0.234 e. The first-order chi connectivity index (χ1) is 9.16. The first-order valence-corrected chi connectivity index (χ1v) is 6.98. The fraction of sp³-hybridized carbons (Fsp3) is 0.231. The molecule has 1 unspecified atom stereocenters. The fourth-order valence-electron chi connectivity index (χ4n) is 2.12. The number of anilines is 2. The monoisotopic (exact) mass is 274 g/mol. The molecule has 1 aromatic carbocycles. The highest BCUT2D eigenvalue weighted by molar-refractivity contribution is 7.99. The minimum atomic E-state index is -0.141. The zero-order valence-electron chi connectivity index (χ0n) is 10.4. The van der Waals surface area contributed by atoms with E-state index >= 15 is 0 Å². The molecule has 0 saturated carbocycles. The Morgan fingerprint density at radius 2 is 2.32 bits per heavy atom. The number of H-pyrrole nitrogens is 1. The molecular weight excluding hydrogens is 260 g/mol. The Bertz CT molecular complexity index is 637. The van der Waals surface area contributed by atoms with Crippen LogP contribution in [0.15, 0.2) is 29.2 Å². The van der Waals surface area contributed by atoms with Crippen LogP contribution in [0.4, 0.5) is 11.5 Å². The van der Waals surface area contributed by atoms with Gasteiger partial charge >= 0.3 is 0 Å². The van der Waals surface area contributed by atoms with Gasteiger partial charge in [-0.05, 0) is 18.6 Å². The molecule has 1 aromatic heterocycles. The number of carbonyl (C=O) groups is 1. The normalized spacial score (nSPS) is 17.2. The lowest BCUT2D eigenvalue weighted by Gasteiger charge is -2.10. The van der Waals surface area contributed by atoms with Crippen molar-refractivity contribution < 1.29 is 4.79 Å². The number of rotatable bonds is 2. The van der Waals surface area contributed by atoms with Crippen LogP contribution in [0.3, 0.4) is 0 Å². The van der Waals surface area contributed by atoms with E-state index in [4.69, 9.17) is 5.73 Å². The molecule has 1 amide bonds. The van der Waals surface area contributed by atoms with Gasteiger partial charge in [-0.25, -0.2) is 0 Å². The minimum Gasteiger partial charge on any atom is -0.394 e. The van der Waals surface area contributed by atoms with Crippen LogP contribution in [-0.2, 0) is 4.79 Å². The highest BCUT2D eigenvalue weighted by Gasteiger charge is 2.29. The molecule has 2 aromatic rings.